The maximum absolute atomic E-state index is 5.25. The third-order valence-corrected chi connectivity index (χ3v) is 2.48. The Bertz CT molecular complexity index is 501. The van der Waals surface area contributed by atoms with E-state index in [0.29, 0.717) is 17.4 Å². The van der Waals surface area contributed by atoms with Gasteiger partial charge in [0.1, 0.15) is 5.75 Å². The minimum absolute atomic E-state index is 0.454. The van der Waals surface area contributed by atoms with Crippen LogP contribution in [-0.4, -0.2) is 27.5 Å². The second-order valence-electron chi connectivity index (χ2n) is 3.12. The molecule has 1 heterocycles. The summed E-state index contributed by atoms with van der Waals surface area (Å²) in [4.78, 5) is 0. The Hall–Kier alpha value is -1.56. The van der Waals surface area contributed by atoms with Crippen LogP contribution in [0, 0.1) is 6.92 Å². The van der Waals surface area contributed by atoms with Crippen LogP contribution in [0.3, 0.4) is 0 Å². The van der Waals surface area contributed by atoms with Gasteiger partial charge in [0.15, 0.2) is 5.82 Å². The second-order valence-corrected chi connectivity index (χ2v) is 4.03. The van der Waals surface area contributed by atoms with Crippen LogP contribution in [0.2, 0.25) is 0 Å². The third-order valence-electron chi connectivity index (χ3n) is 1.98. The summed E-state index contributed by atoms with van der Waals surface area (Å²) < 4.78 is 6.18. The van der Waals surface area contributed by atoms with E-state index in [1.807, 2.05) is 18.2 Å². The fraction of sp³-hybridized carbons (Fsp3) is 0.200. The fourth-order valence-corrected chi connectivity index (χ4v) is 1.58. The molecule has 0 atom stereocenters. The van der Waals surface area contributed by atoms with Crippen LogP contribution in [0.1, 0.15) is 5.82 Å². The molecule has 2 aromatic rings. The standard InChI is InChI=1S/C10H9BrN4O/c1-6-12-14-10(15-13-6)8-4-3-7(11)5-9(8)16-2/h3-5H,1-2H3. The molecular formula is C10H9BrN4O. The first kappa shape index (κ1) is 10.9. The topological polar surface area (TPSA) is 60.8 Å². The molecular weight excluding hydrogens is 272 g/mol. The van der Waals surface area contributed by atoms with E-state index < -0.39 is 0 Å². The summed E-state index contributed by atoms with van der Waals surface area (Å²) in [6.07, 6.45) is 0. The van der Waals surface area contributed by atoms with Gasteiger partial charge in [-0.25, -0.2) is 0 Å². The predicted octanol–water partition coefficient (Wildman–Crippen LogP) is 2.01. The summed E-state index contributed by atoms with van der Waals surface area (Å²) >= 11 is 3.37. The van der Waals surface area contributed by atoms with Gasteiger partial charge in [-0.05, 0) is 25.1 Å². The van der Waals surface area contributed by atoms with E-state index in [9.17, 15) is 0 Å². The molecule has 82 valence electrons. The van der Waals surface area contributed by atoms with Crippen LogP contribution in [0.4, 0.5) is 0 Å². The number of rotatable bonds is 2. The molecule has 1 aromatic heterocycles. The molecule has 0 aliphatic rings. The molecule has 0 bridgehead atoms. The number of halogens is 1. The summed E-state index contributed by atoms with van der Waals surface area (Å²) in [5, 5.41) is 15.7. The van der Waals surface area contributed by atoms with Crippen LogP contribution in [0.5, 0.6) is 5.75 Å². The van der Waals surface area contributed by atoms with Gasteiger partial charge in [-0.2, -0.15) is 0 Å². The van der Waals surface area contributed by atoms with E-state index in [-0.39, 0.29) is 0 Å². The van der Waals surface area contributed by atoms with E-state index in [4.69, 9.17) is 4.74 Å². The molecule has 1 aromatic carbocycles. The molecule has 0 saturated heterocycles. The molecule has 0 N–H and O–H groups in total. The van der Waals surface area contributed by atoms with Crippen molar-refractivity contribution >= 4 is 15.9 Å². The highest BCUT2D eigenvalue weighted by molar-refractivity contribution is 9.10. The Morgan fingerprint density at radius 2 is 1.81 bits per heavy atom. The zero-order chi connectivity index (χ0) is 11.5. The monoisotopic (exact) mass is 280 g/mol. The molecule has 0 amide bonds. The van der Waals surface area contributed by atoms with Gasteiger partial charge in [0.25, 0.3) is 0 Å². The average molecular weight is 281 g/mol. The lowest BCUT2D eigenvalue weighted by Gasteiger charge is -2.06. The zero-order valence-electron chi connectivity index (χ0n) is 8.81. The first-order valence-electron chi connectivity index (χ1n) is 4.58. The van der Waals surface area contributed by atoms with Gasteiger partial charge >= 0.3 is 0 Å². The summed E-state index contributed by atoms with van der Waals surface area (Å²) in [6, 6.07) is 5.59. The van der Waals surface area contributed by atoms with Crippen LogP contribution < -0.4 is 4.74 Å². The summed E-state index contributed by atoms with van der Waals surface area (Å²) in [6.45, 7) is 1.74. The van der Waals surface area contributed by atoms with Crippen molar-refractivity contribution in [3.63, 3.8) is 0 Å². The number of nitrogens with zero attached hydrogens (tertiary/aromatic N) is 4. The molecule has 0 spiro atoms. The summed E-state index contributed by atoms with van der Waals surface area (Å²) in [5.74, 6) is 1.68. The van der Waals surface area contributed by atoms with Crippen molar-refractivity contribution in [2.45, 2.75) is 6.92 Å². The normalized spacial score (nSPS) is 10.2. The number of aromatic nitrogens is 4. The van der Waals surface area contributed by atoms with E-state index >= 15 is 0 Å². The Balaban J connectivity index is 2.51. The van der Waals surface area contributed by atoms with Crippen LogP contribution >= 0.6 is 15.9 Å². The molecule has 6 heteroatoms. The molecule has 0 aliphatic carbocycles. The lowest BCUT2D eigenvalue weighted by Crippen LogP contribution is -2.00. The van der Waals surface area contributed by atoms with Gasteiger partial charge in [-0.1, -0.05) is 15.9 Å². The van der Waals surface area contributed by atoms with Gasteiger partial charge in [0, 0.05) is 4.47 Å². The number of hydrogen-bond donors (Lipinski definition) is 0. The maximum Gasteiger partial charge on any atom is 0.207 e. The molecule has 0 aliphatic heterocycles. The maximum atomic E-state index is 5.25. The fourth-order valence-electron chi connectivity index (χ4n) is 1.24. The minimum Gasteiger partial charge on any atom is -0.496 e. The average Bonchev–Trinajstić information content (AvgIpc) is 2.30. The number of benzene rings is 1. The third kappa shape index (κ3) is 2.16. The second kappa shape index (κ2) is 4.52. The Morgan fingerprint density at radius 3 is 2.44 bits per heavy atom. The molecule has 5 nitrogen and oxygen atoms in total. The number of hydrogen-bond acceptors (Lipinski definition) is 5. The predicted molar refractivity (Wildman–Crippen MR) is 62.0 cm³/mol. The Kier molecular flexibility index (Phi) is 3.09. The highest BCUT2D eigenvalue weighted by atomic mass is 79.9. The lowest BCUT2D eigenvalue weighted by molar-refractivity contribution is 0.415. The van der Waals surface area contributed by atoms with Crippen molar-refractivity contribution in [2.24, 2.45) is 0 Å². The quantitative estimate of drug-likeness (QED) is 0.842. The molecule has 0 saturated carbocycles. The van der Waals surface area contributed by atoms with Crippen molar-refractivity contribution in [3.05, 3.63) is 28.5 Å². The van der Waals surface area contributed by atoms with Crippen LogP contribution in [-0.2, 0) is 0 Å². The van der Waals surface area contributed by atoms with Crippen molar-refractivity contribution in [1.82, 2.24) is 20.4 Å². The lowest BCUT2D eigenvalue weighted by atomic mass is 10.2. The first-order chi connectivity index (χ1) is 7.70. The highest BCUT2D eigenvalue weighted by Crippen LogP contribution is 2.29. The van der Waals surface area contributed by atoms with Gasteiger partial charge in [-0.3, -0.25) is 0 Å². The summed E-state index contributed by atoms with van der Waals surface area (Å²) in [5.41, 5.74) is 0.769. The van der Waals surface area contributed by atoms with E-state index in [1.54, 1.807) is 14.0 Å². The van der Waals surface area contributed by atoms with E-state index in [2.05, 4.69) is 36.3 Å². The first-order valence-corrected chi connectivity index (χ1v) is 5.38. The number of methoxy groups -OCH3 is 1. The van der Waals surface area contributed by atoms with Crippen molar-refractivity contribution in [1.29, 1.82) is 0 Å². The van der Waals surface area contributed by atoms with Gasteiger partial charge < -0.3 is 4.74 Å². The van der Waals surface area contributed by atoms with Gasteiger partial charge in [0.2, 0.25) is 5.82 Å². The van der Waals surface area contributed by atoms with Crippen molar-refractivity contribution in [3.8, 4) is 17.1 Å². The largest absolute Gasteiger partial charge is 0.496 e. The van der Waals surface area contributed by atoms with Crippen LogP contribution in [0.25, 0.3) is 11.4 Å². The molecule has 0 fully saturated rings. The SMILES string of the molecule is COc1cc(Br)ccc1-c1nnc(C)nn1. The smallest absolute Gasteiger partial charge is 0.207 e. The van der Waals surface area contributed by atoms with Crippen molar-refractivity contribution < 1.29 is 4.74 Å². The summed E-state index contributed by atoms with van der Waals surface area (Å²) in [7, 11) is 1.60. The number of ether oxygens (including phenoxy) is 1. The molecule has 0 radical (unpaired) electrons. The zero-order valence-corrected chi connectivity index (χ0v) is 10.4. The Morgan fingerprint density at radius 1 is 1.12 bits per heavy atom. The van der Waals surface area contributed by atoms with Crippen molar-refractivity contribution in [2.75, 3.05) is 7.11 Å². The van der Waals surface area contributed by atoms with Gasteiger partial charge in [0.05, 0.1) is 12.7 Å². The van der Waals surface area contributed by atoms with Gasteiger partial charge in [-0.15, -0.1) is 20.4 Å². The highest BCUT2D eigenvalue weighted by Gasteiger charge is 2.09. The minimum atomic E-state index is 0.454. The molecule has 2 rings (SSSR count). The van der Waals surface area contributed by atoms with E-state index in [1.165, 1.54) is 0 Å². The Labute approximate surface area is 101 Å². The van der Waals surface area contributed by atoms with E-state index in [0.717, 1.165) is 10.0 Å². The molecule has 0 unspecified atom stereocenters. The van der Waals surface area contributed by atoms with Crippen LogP contribution in [0.15, 0.2) is 22.7 Å². The number of aryl methyl sites for hydroxylation is 1. The molecule has 16 heavy (non-hydrogen) atoms.